The van der Waals surface area contributed by atoms with Gasteiger partial charge in [0.05, 0.1) is 11.5 Å². The highest BCUT2D eigenvalue weighted by molar-refractivity contribution is 7.91. The third-order valence-corrected chi connectivity index (χ3v) is 6.47. The molecule has 0 bridgehead atoms. The molecule has 0 radical (unpaired) electrons. The van der Waals surface area contributed by atoms with E-state index in [4.69, 9.17) is 4.74 Å². The molecule has 2 fully saturated rings. The fourth-order valence-corrected chi connectivity index (χ4v) is 5.11. The zero-order valence-electron chi connectivity index (χ0n) is 14.5. The van der Waals surface area contributed by atoms with E-state index in [-0.39, 0.29) is 29.9 Å². The van der Waals surface area contributed by atoms with E-state index in [2.05, 4.69) is 10.6 Å². The quantitative estimate of drug-likeness (QED) is 0.690. The Morgan fingerprint density at radius 1 is 1.12 bits per heavy atom. The standard InChI is InChI=1S/C16H26N2O6S/c1-11(24-14(19)9-12-7-8-25(22,23)10-12)15(20)18-16(21)17-13-5-3-2-4-6-13/h11-13H,2-10H2,1H3,(H2,17,18,20,21)/t11-,12+/m1/s1. The van der Waals surface area contributed by atoms with Gasteiger partial charge in [-0.25, -0.2) is 13.2 Å². The van der Waals surface area contributed by atoms with Crippen molar-refractivity contribution in [1.82, 2.24) is 10.6 Å². The van der Waals surface area contributed by atoms with E-state index in [1.807, 2.05) is 0 Å². The van der Waals surface area contributed by atoms with E-state index in [9.17, 15) is 22.8 Å². The molecule has 2 N–H and O–H groups in total. The number of hydrogen-bond donors (Lipinski definition) is 2. The van der Waals surface area contributed by atoms with Crippen molar-refractivity contribution < 1.29 is 27.5 Å². The van der Waals surface area contributed by atoms with Crippen LogP contribution >= 0.6 is 0 Å². The summed E-state index contributed by atoms with van der Waals surface area (Å²) in [6.45, 7) is 1.38. The predicted molar refractivity (Wildman–Crippen MR) is 90.5 cm³/mol. The molecule has 0 unspecified atom stereocenters. The van der Waals surface area contributed by atoms with Gasteiger partial charge in [-0.15, -0.1) is 0 Å². The highest BCUT2D eigenvalue weighted by atomic mass is 32.2. The number of nitrogens with one attached hydrogen (secondary N) is 2. The summed E-state index contributed by atoms with van der Waals surface area (Å²) in [6.07, 6.45) is 4.36. The second kappa shape index (κ2) is 8.64. The predicted octanol–water partition coefficient (Wildman–Crippen LogP) is 0.901. The number of hydrogen-bond acceptors (Lipinski definition) is 6. The summed E-state index contributed by atoms with van der Waals surface area (Å²) in [7, 11) is -3.06. The maximum Gasteiger partial charge on any atom is 0.321 e. The summed E-state index contributed by atoms with van der Waals surface area (Å²) in [5, 5.41) is 4.92. The fourth-order valence-electron chi connectivity index (χ4n) is 3.25. The third-order valence-electron chi connectivity index (χ3n) is 4.64. The van der Waals surface area contributed by atoms with Gasteiger partial charge >= 0.3 is 12.0 Å². The van der Waals surface area contributed by atoms with Crippen molar-refractivity contribution in [3.8, 4) is 0 Å². The first-order chi connectivity index (χ1) is 11.7. The number of rotatable bonds is 5. The molecular weight excluding hydrogens is 348 g/mol. The zero-order chi connectivity index (χ0) is 18.4. The molecule has 2 atom stereocenters. The molecule has 9 heteroatoms. The average Bonchev–Trinajstić information content (AvgIpc) is 2.86. The molecule has 0 spiro atoms. The van der Waals surface area contributed by atoms with Gasteiger partial charge in [-0.2, -0.15) is 0 Å². The Morgan fingerprint density at radius 2 is 1.80 bits per heavy atom. The molecule has 2 aliphatic rings. The molecular formula is C16H26N2O6S. The topological polar surface area (TPSA) is 119 Å². The summed E-state index contributed by atoms with van der Waals surface area (Å²) in [4.78, 5) is 35.6. The van der Waals surface area contributed by atoms with Gasteiger partial charge in [0.15, 0.2) is 15.9 Å². The molecule has 8 nitrogen and oxygen atoms in total. The van der Waals surface area contributed by atoms with Crippen LogP contribution in [0.2, 0.25) is 0 Å². The van der Waals surface area contributed by atoms with Gasteiger partial charge in [0.25, 0.3) is 5.91 Å². The van der Waals surface area contributed by atoms with Crippen LogP contribution in [0.4, 0.5) is 4.79 Å². The molecule has 1 aliphatic heterocycles. The van der Waals surface area contributed by atoms with Gasteiger partial charge < -0.3 is 10.1 Å². The largest absolute Gasteiger partial charge is 0.453 e. The number of amides is 3. The van der Waals surface area contributed by atoms with Crippen LogP contribution in [0.15, 0.2) is 0 Å². The van der Waals surface area contributed by atoms with Gasteiger partial charge in [-0.3, -0.25) is 14.9 Å². The van der Waals surface area contributed by atoms with E-state index in [1.54, 1.807) is 0 Å². The van der Waals surface area contributed by atoms with E-state index < -0.39 is 33.8 Å². The van der Waals surface area contributed by atoms with Crippen LogP contribution in [0.5, 0.6) is 0 Å². The summed E-state index contributed by atoms with van der Waals surface area (Å²) >= 11 is 0. The van der Waals surface area contributed by atoms with Crippen LogP contribution in [-0.2, 0) is 24.2 Å². The van der Waals surface area contributed by atoms with E-state index in [1.165, 1.54) is 6.92 Å². The number of urea groups is 1. The van der Waals surface area contributed by atoms with Crippen LogP contribution in [0, 0.1) is 5.92 Å². The van der Waals surface area contributed by atoms with Crippen molar-refractivity contribution in [1.29, 1.82) is 0 Å². The summed E-state index contributed by atoms with van der Waals surface area (Å²) in [5.74, 6) is -1.52. The molecule has 1 heterocycles. The normalized spacial score (nSPS) is 24.3. The molecule has 1 aliphatic carbocycles. The Bertz CT molecular complexity index is 612. The first-order valence-corrected chi connectivity index (χ1v) is 10.6. The van der Waals surface area contributed by atoms with Crippen LogP contribution < -0.4 is 10.6 Å². The maximum atomic E-state index is 11.9. The van der Waals surface area contributed by atoms with Crippen molar-refractivity contribution in [2.24, 2.45) is 5.92 Å². The van der Waals surface area contributed by atoms with Crippen molar-refractivity contribution in [3.05, 3.63) is 0 Å². The Kier molecular flexibility index (Phi) is 6.80. The first kappa shape index (κ1) is 19.7. The Hall–Kier alpha value is -1.64. The van der Waals surface area contributed by atoms with Crippen LogP contribution in [-0.4, -0.2) is 50.0 Å². The maximum absolute atomic E-state index is 11.9. The summed E-state index contributed by atoms with van der Waals surface area (Å²) < 4.78 is 27.8. The lowest BCUT2D eigenvalue weighted by Gasteiger charge is -2.23. The number of esters is 1. The van der Waals surface area contributed by atoms with Crippen molar-refractivity contribution in [2.45, 2.75) is 64.0 Å². The number of carbonyl (C=O) groups excluding carboxylic acids is 3. The second-order valence-electron chi connectivity index (χ2n) is 6.90. The average molecular weight is 374 g/mol. The monoisotopic (exact) mass is 374 g/mol. The zero-order valence-corrected chi connectivity index (χ0v) is 15.3. The van der Waals surface area contributed by atoms with Gasteiger partial charge in [-0.1, -0.05) is 19.3 Å². The van der Waals surface area contributed by atoms with Gasteiger partial charge in [0.2, 0.25) is 0 Å². The number of imide groups is 1. The number of carbonyl (C=O) groups is 3. The van der Waals surface area contributed by atoms with Crippen LogP contribution in [0.25, 0.3) is 0 Å². The Morgan fingerprint density at radius 3 is 2.40 bits per heavy atom. The number of sulfone groups is 1. The van der Waals surface area contributed by atoms with Gasteiger partial charge in [0.1, 0.15) is 0 Å². The lowest BCUT2D eigenvalue weighted by molar-refractivity contribution is -0.155. The molecule has 3 amide bonds. The molecule has 25 heavy (non-hydrogen) atoms. The fraction of sp³-hybridized carbons (Fsp3) is 0.812. The number of ether oxygens (including phenoxy) is 1. The van der Waals surface area contributed by atoms with Crippen molar-refractivity contribution >= 4 is 27.7 Å². The molecule has 0 aromatic rings. The van der Waals surface area contributed by atoms with Crippen LogP contribution in [0.1, 0.15) is 51.9 Å². The molecule has 2 rings (SSSR count). The van der Waals surface area contributed by atoms with E-state index in [0.717, 1.165) is 32.1 Å². The second-order valence-corrected chi connectivity index (χ2v) is 9.13. The third kappa shape index (κ3) is 6.64. The van der Waals surface area contributed by atoms with Gasteiger partial charge in [-0.05, 0) is 32.1 Å². The smallest absolute Gasteiger partial charge is 0.321 e. The minimum atomic E-state index is -3.06. The SMILES string of the molecule is C[C@@H](OC(=O)C[C@@H]1CCS(=O)(=O)C1)C(=O)NC(=O)NC1CCCCC1. The molecule has 0 aromatic carbocycles. The Balaban J connectivity index is 1.70. The molecule has 142 valence electrons. The Labute approximate surface area is 148 Å². The highest BCUT2D eigenvalue weighted by Crippen LogP contribution is 2.22. The lowest BCUT2D eigenvalue weighted by Crippen LogP contribution is -2.48. The van der Waals surface area contributed by atoms with Gasteiger partial charge in [0, 0.05) is 12.5 Å². The minimum Gasteiger partial charge on any atom is -0.453 e. The van der Waals surface area contributed by atoms with Crippen LogP contribution in [0.3, 0.4) is 0 Å². The minimum absolute atomic E-state index is 0.0214. The summed E-state index contributed by atoms with van der Waals surface area (Å²) in [5.41, 5.74) is 0. The lowest BCUT2D eigenvalue weighted by atomic mass is 9.96. The van der Waals surface area contributed by atoms with E-state index >= 15 is 0 Å². The molecule has 1 saturated carbocycles. The summed E-state index contributed by atoms with van der Waals surface area (Å²) in [6, 6.07) is -0.509. The van der Waals surface area contributed by atoms with Crippen molar-refractivity contribution in [3.63, 3.8) is 0 Å². The van der Waals surface area contributed by atoms with E-state index in [0.29, 0.717) is 6.42 Å². The van der Waals surface area contributed by atoms with Crippen molar-refractivity contribution in [2.75, 3.05) is 11.5 Å². The first-order valence-electron chi connectivity index (χ1n) is 8.76. The molecule has 0 aromatic heterocycles. The highest BCUT2D eigenvalue weighted by Gasteiger charge is 2.31. The molecule has 1 saturated heterocycles.